The van der Waals surface area contributed by atoms with Gasteiger partial charge in [-0.25, -0.2) is 0 Å². The highest BCUT2D eigenvalue weighted by Gasteiger charge is 2.53. The van der Waals surface area contributed by atoms with Crippen LogP contribution in [0.4, 0.5) is 0 Å². The lowest BCUT2D eigenvalue weighted by Gasteiger charge is -2.34. The van der Waals surface area contributed by atoms with Gasteiger partial charge in [-0.15, -0.1) is 0 Å². The molecule has 1 N–H and O–H groups in total. The Balaban J connectivity index is 1.77. The molecule has 1 unspecified atom stereocenters. The molecule has 1 heterocycles. The molecule has 1 saturated carbocycles. The van der Waals surface area contributed by atoms with Gasteiger partial charge in [0.15, 0.2) is 6.10 Å². The Morgan fingerprint density at radius 1 is 1.39 bits per heavy atom. The lowest BCUT2D eigenvalue weighted by Crippen LogP contribution is -2.53. The van der Waals surface area contributed by atoms with Crippen molar-refractivity contribution in [1.29, 1.82) is 0 Å². The Hall–Kier alpha value is -2.08. The van der Waals surface area contributed by atoms with Crippen LogP contribution in [0.3, 0.4) is 0 Å². The number of ether oxygens (including phenoxy) is 2. The second-order valence-corrected chi connectivity index (χ2v) is 6.04. The minimum absolute atomic E-state index is 0.0861. The molecular weight excluding hydrogens is 296 g/mol. The normalized spacial score (nSPS) is 22.3. The van der Waals surface area contributed by atoms with Crippen molar-refractivity contribution in [2.45, 2.75) is 24.4 Å². The van der Waals surface area contributed by atoms with Crippen molar-refractivity contribution in [3.63, 3.8) is 0 Å². The number of morpholine rings is 1. The number of methoxy groups -OCH3 is 1. The summed E-state index contributed by atoms with van der Waals surface area (Å²) < 4.78 is 10.7. The molecule has 2 amide bonds. The number of hydrogen-bond acceptors (Lipinski definition) is 4. The maximum absolute atomic E-state index is 13.0. The zero-order valence-electron chi connectivity index (χ0n) is 13.5. The number of amides is 2. The van der Waals surface area contributed by atoms with E-state index in [4.69, 9.17) is 9.47 Å². The molecule has 3 rings (SSSR count). The first-order valence-electron chi connectivity index (χ1n) is 7.88. The average Bonchev–Trinajstić information content (AvgIpc) is 3.42. The molecular formula is C17H22N2O4. The van der Waals surface area contributed by atoms with Gasteiger partial charge in [-0.05, 0) is 30.5 Å². The van der Waals surface area contributed by atoms with E-state index < -0.39 is 11.5 Å². The van der Waals surface area contributed by atoms with E-state index in [1.807, 2.05) is 24.3 Å². The van der Waals surface area contributed by atoms with Crippen LogP contribution < -0.4 is 10.1 Å². The molecule has 6 nitrogen and oxygen atoms in total. The van der Waals surface area contributed by atoms with E-state index in [9.17, 15) is 9.59 Å². The first-order chi connectivity index (χ1) is 11.1. The van der Waals surface area contributed by atoms with Crippen molar-refractivity contribution >= 4 is 11.8 Å². The summed E-state index contributed by atoms with van der Waals surface area (Å²) in [4.78, 5) is 26.6. The number of likely N-dealkylation sites (N-methyl/N-ethyl adjacent to an activating group) is 1. The van der Waals surface area contributed by atoms with Crippen LogP contribution in [0, 0.1) is 0 Å². The fourth-order valence-corrected chi connectivity index (χ4v) is 3.13. The van der Waals surface area contributed by atoms with Crippen molar-refractivity contribution in [3.05, 3.63) is 29.8 Å². The summed E-state index contributed by atoms with van der Waals surface area (Å²) in [7, 11) is 3.20. The number of carbonyl (C=O) groups excluding carboxylic acids is 2. The van der Waals surface area contributed by atoms with Crippen molar-refractivity contribution in [2.75, 3.05) is 33.9 Å². The Labute approximate surface area is 135 Å². The highest BCUT2D eigenvalue weighted by molar-refractivity contribution is 5.92. The Kier molecular flexibility index (Phi) is 4.26. The molecule has 1 aromatic rings. The zero-order valence-corrected chi connectivity index (χ0v) is 13.5. The first-order valence-corrected chi connectivity index (χ1v) is 7.88. The summed E-state index contributed by atoms with van der Waals surface area (Å²) in [6.07, 6.45) is 1.08. The Morgan fingerprint density at radius 2 is 2.17 bits per heavy atom. The van der Waals surface area contributed by atoms with Gasteiger partial charge in [0.05, 0.1) is 25.7 Å². The third-order valence-electron chi connectivity index (χ3n) is 4.67. The summed E-state index contributed by atoms with van der Waals surface area (Å²) in [6.45, 7) is 1.22. The summed E-state index contributed by atoms with van der Waals surface area (Å²) in [5, 5.41) is 2.58. The number of hydrogen-bond donors (Lipinski definition) is 1. The molecule has 2 fully saturated rings. The first kappa shape index (κ1) is 15.8. The molecule has 6 heteroatoms. The van der Waals surface area contributed by atoms with E-state index in [1.165, 1.54) is 0 Å². The van der Waals surface area contributed by atoms with Crippen molar-refractivity contribution in [1.82, 2.24) is 10.2 Å². The van der Waals surface area contributed by atoms with Gasteiger partial charge in [0.25, 0.3) is 5.91 Å². The largest absolute Gasteiger partial charge is 0.497 e. The molecule has 2 aliphatic rings. The van der Waals surface area contributed by atoms with Crippen LogP contribution in [-0.2, 0) is 19.7 Å². The molecule has 23 heavy (non-hydrogen) atoms. The molecule has 0 bridgehead atoms. The van der Waals surface area contributed by atoms with Crippen LogP contribution in [-0.4, -0.2) is 56.7 Å². The van der Waals surface area contributed by atoms with Gasteiger partial charge in [-0.3, -0.25) is 9.59 Å². The van der Waals surface area contributed by atoms with Gasteiger partial charge >= 0.3 is 0 Å². The average molecular weight is 318 g/mol. The third-order valence-corrected chi connectivity index (χ3v) is 4.67. The van der Waals surface area contributed by atoms with E-state index in [0.717, 1.165) is 24.2 Å². The van der Waals surface area contributed by atoms with Gasteiger partial charge < -0.3 is 19.7 Å². The third kappa shape index (κ3) is 2.91. The van der Waals surface area contributed by atoms with Crippen LogP contribution in [0.2, 0.25) is 0 Å². The number of benzene rings is 1. The number of carbonyl (C=O) groups is 2. The predicted molar refractivity (Wildman–Crippen MR) is 84.3 cm³/mol. The molecule has 1 saturated heterocycles. The number of nitrogens with one attached hydrogen (secondary N) is 1. The second kappa shape index (κ2) is 6.20. The van der Waals surface area contributed by atoms with E-state index >= 15 is 0 Å². The number of nitrogens with zero attached hydrogens (tertiary/aromatic N) is 1. The molecule has 0 spiro atoms. The summed E-state index contributed by atoms with van der Waals surface area (Å²) in [6, 6.07) is 7.69. The van der Waals surface area contributed by atoms with Crippen LogP contribution in [0.15, 0.2) is 24.3 Å². The minimum Gasteiger partial charge on any atom is -0.497 e. The van der Waals surface area contributed by atoms with E-state index in [-0.39, 0.29) is 11.8 Å². The highest BCUT2D eigenvalue weighted by Crippen LogP contribution is 2.50. The van der Waals surface area contributed by atoms with Crippen molar-refractivity contribution < 1.29 is 19.1 Å². The lowest BCUT2D eigenvalue weighted by atomic mass is 9.93. The van der Waals surface area contributed by atoms with Crippen molar-refractivity contribution in [2.24, 2.45) is 0 Å². The van der Waals surface area contributed by atoms with E-state index in [2.05, 4.69) is 5.32 Å². The standard InChI is InChI=1S/C17H22N2O4/c1-18-15(20)14-11-19(8-9-23-14)16(21)17(6-7-17)12-4-3-5-13(10-12)22-2/h3-5,10,14H,6-9,11H2,1-2H3,(H,18,20). The molecule has 124 valence electrons. The minimum atomic E-state index is -0.584. The summed E-state index contributed by atoms with van der Waals surface area (Å²) >= 11 is 0. The van der Waals surface area contributed by atoms with Gasteiger partial charge in [0.1, 0.15) is 5.75 Å². The topological polar surface area (TPSA) is 67.9 Å². The maximum atomic E-state index is 13.0. The molecule has 1 atom stereocenters. The van der Waals surface area contributed by atoms with Crippen LogP contribution in [0.25, 0.3) is 0 Å². The van der Waals surface area contributed by atoms with Gasteiger partial charge in [0, 0.05) is 13.6 Å². The van der Waals surface area contributed by atoms with E-state index in [0.29, 0.717) is 19.7 Å². The predicted octanol–water partition coefficient (Wildman–Crippen LogP) is 0.700. The Morgan fingerprint density at radius 3 is 2.83 bits per heavy atom. The summed E-state index contributed by atoms with van der Waals surface area (Å²) in [5.41, 5.74) is 0.531. The van der Waals surface area contributed by atoms with Crippen molar-refractivity contribution in [3.8, 4) is 5.75 Å². The van der Waals surface area contributed by atoms with Crippen LogP contribution in [0.5, 0.6) is 5.75 Å². The molecule has 1 aliphatic heterocycles. The molecule has 0 radical (unpaired) electrons. The zero-order chi connectivity index (χ0) is 16.4. The smallest absolute Gasteiger partial charge is 0.250 e. The van der Waals surface area contributed by atoms with Gasteiger partial charge in [-0.1, -0.05) is 12.1 Å². The highest BCUT2D eigenvalue weighted by atomic mass is 16.5. The van der Waals surface area contributed by atoms with Crippen LogP contribution in [0.1, 0.15) is 18.4 Å². The van der Waals surface area contributed by atoms with Gasteiger partial charge in [-0.2, -0.15) is 0 Å². The molecule has 0 aromatic heterocycles. The fraction of sp³-hybridized carbons (Fsp3) is 0.529. The monoisotopic (exact) mass is 318 g/mol. The maximum Gasteiger partial charge on any atom is 0.250 e. The van der Waals surface area contributed by atoms with Gasteiger partial charge in [0.2, 0.25) is 5.91 Å². The molecule has 1 aliphatic carbocycles. The SMILES string of the molecule is CNC(=O)C1CN(C(=O)C2(c3cccc(OC)c3)CC2)CCO1. The molecule has 1 aromatic carbocycles. The van der Waals surface area contributed by atoms with Crippen LogP contribution >= 0.6 is 0 Å². The lowest BCUT2D eigenvalue weighted by molar-refractivity contribution is -0.148. The second-order valence-electron chi connectivity index (χ2n) is 6.04. The van der Waals surface area contributed by atoms with E-state index in [1.54, 1.807) is 19.1 Å². The quantitative estimate of drug-likeness (QED) is 0.887. The number of rotatable bonds is 4. The Bertz CT molecular complexity index is 612. The summed E-state index contributed by atoms with van der Waals surface area (Å²) in [5.74, 6) is 0.656. The fourth-order valence-electron chi connectivity index (χ4n) is 3.13.